The van der Waals surface area contributed by atoms with E-state index in [9.17, 15) is 25.2 Å². The van der Waals surface area contributed by atoms with Gasteiger partial charge in [-0.25, -0.2) is 0 Å². The number of aliphatic hydroxyl groups excluding tert-OH is 4. The minimum Gasteiger partial charge on any atom is -0.394 e. The molecule has 0 saturated carbocycles. The highest BCUT2D eigenvalue weighted by atomic mass is 16.3. The van der Waals surface area contributed by atoms with Crippen molar-refractivity contribution < 1.29 is 25.2 Å². The molecule has 4 atom stereocenters. The first-order valence-corrected chi connectivity index (χ1v) is 27.1. The van der Waals surface area contributed by atoms with Crippen LogP contribution in [0.25, 0.3) is 0 Å². The zero-order valence-electron chi connectivity index (χ0n) is 40.5. The Morgan fingerprint density at radius 3 is 1.00 bits per heavy atom. The largest absolute Gasteiger partial charge is 0.394 e. The summed E-state index contributed by atoms with van der Waals surface area (Å²) >= 11 is 0. The molecule has 0 heterocycles. The molecular formula is C54H107NO5. The number of carbonyl (C=O) groups is 1. The second-order valence-corrected chi connectivity index (χ2v) is 18.9. The Labute approximate surface area is 374 Å². The molecule has 4 unspecified atom stereocenters. The Balaban J connectivity index is 3.63. The molecule has 0 bridgehead atoms. The Bertz CT molecular complexity index is 867. The van der Waals surface area contributed by atoms with E-state index in [0.29, 0.717) is 12.8 Å². The van der Waals surface area contributed by atoms with Gasteiger partial charge >= 0.3 is 0 Å². The molecule has 0 rings (SSSR count). The SMILES string of the molecule is CCCCCCCCCCCCCCCCCCCCCCCC/C=C/CCCC(O)C(O)C(CO)NC(=O)C(O)CCCCCCCCCCCCCCCCCCC. The van der Waals surface area contributed by atoms with E-state index >= 15 is 0 Å². The fourth-order valence-electron chi connectivity index (χ4n) is 8.70. The van der Waals surface area contributed by atoms with Gasteiger partial charge in [0.05, 0.1) is 18.8 Å². The molecule has 6 nitrogen and oxygen atoms in total. The van der Waals surface area contributed by atoms with Crippen LogP contribution in [0.2, 0.25) is 0 Å². The number of unbranched alkanes of at least 4 members (excludes halogenated alkanes) is 39. The van der Waals surface area contributed by atoms with Gasteiger partial charge < -0.3 is 25.7 Å². The van der Waals surface area contributed by atoms with E-state index in [4.69, 9.17) is 0 Å². The normalized spacial score (nSPS) is 13.9. The molecule has 0 saturated heterocycles. The van der Waals surface area contributed by atoms with Crippen molar-refractivity contribution in [2.75, 3.05) is 6.61 Å². The van der Waals surface area contributed by atoms with Crippen molar-refractivity contribution in [2.45, 2.75) is 321 Å². The highest BCUT2D eigenvalue weighted by Crippen LogP contribution is 2.18. The number of hydrogen-bond donors (Lipinski definition) is 5. The molecule has 0 aliphatic rings. The molecule has 0 aromatic rings. The number of rotatable bonds is 50. The molecular weight excluding hydrogens is 743 g/mol. The predicted octanol–water partition coefficient (Wildman–Crippen LogP) is 15.3. The Kier molecular flexibility index (Phi) is 48.3. The third-order valence-electron chi connectivity index (χ3n) is 13.0. The van der Waals surface area contributed by atoms with Crippen LogP contribution in [0.15, 0.2) is 12.2 Å². The maximum atomic E-state index is 12.6. The maximum absolute atomic E-state index is 12.6. The second kappa shape index (κ2) is 49.1. The molecule has 0 aliphatic heterocycles. The minimum absolute atomic E-state index is 0.368. The zero-order chi connectivity index (χ0) is 43.8. The summed E-state index contributed by atoms with van der Waals surface area (Å²) < 4.78 is 0. The second-order valence-electron chi connectivity index (χ2n) is 18.9. The first-order chi connectivity index (χ1) is 29.5. The third kappa shape index (κ3) is 42.4. The standard InChI is InChI=1S/C54H107NO5/c1-3-5-7-9-11-13-15-17-19-21-22-23-24-25-26-27-28-29-30-32-33-35-37-39-41-43-45-47-51(57)53(59)50(49-56)55-54(60)52(58)48-46-44-42-40-38-36-34-31-20-18-16-14-12-10-8-6-4-2/h39,41,50-53,56-59H,3-38,40,42-49H2,1-2H3,(H,55,60)/b41-39+. The molecule has 0 aliphatic carbocycles. The number of aliphatic hydroxyl groups is 4. The van der Waals surface area contributed by atoms with Crippen LogP contribution in [-0.2, 0) is 4.79 Å². The van der Waals surface area contributed by atoms with Crippen LogP contribution in [0.5, 0.6) is 0 Å². The molecule has 1 amide bonds. The number of nitrogens with one attached hydrogen (secondary N) is 1. The van der Waals surface area contributed by atoms with E-state index < -0.39 is 36.9 Å². The van der Waals surface area contributed by atoms with E-state index in [1.165, 1.54) is 231 Å². The van der Waals surface area contributed by atoms with Crippen molar-refractivity contribution in [2.24, 2.45) is 0 Å². The van der Waals surface area contributed by atoms with Crippen LogP contribution in [0.4, 0.5) is 0 Å². The average molecular weight is 850 g/mol. The first kappa shape index (κ1) is 59.0. The van der Waals surface area contributed by atoms with Crippen LogP contribution < -0.4 is 5.32 Å². The lowest BCUT2D eigenvalue weighted by molar-refractivity contribution is -0.132. The molecule has 60 heavy (non-hydrogen) atoms. The van der Waals surface area contributed by atoms with Gasteiger partial charge in [0.1, 0.15) is 12.2 Å². The van der Waals surface area contributed by atoms with Gasteiger partial charge in [0, 0.05) is 0 Å². The lowest BCUT2D eigenvalue weighted by Gasteiger charge is -2.27. The van der Waals surface area contributed by atoms with Crippen LogP contribution in [0.3, 0.4) is 0 Å². The summed E-state index contributed by atoms with van der Waals surface area (Å²) in [4.78, 5) is 12.6. The zero-order valence-corrected chi connectivity index (χ0v) is 40.5. The van der Waals surface area contributed by atoms with Gasteiger partial charge in [-0.1, -0.05) is 270 Å². The van der Waals surface area contributed by atoms with Crippen molar-refractivity contribution in [3.8, 4) is 0 Å². The van der Waals surface area contributed by atoms with Crippen molar-refractivity contribution in [3.05, 3.63) is 12.2 Å². The number of allylic oxidation sites excluding steroid dienone is 2. The highest BCUT2D eigenvalue weighted by molar-refractivity contribution is 5.80. The molecule has 0 aromatic heterocycles. The summed E-state index contributed by atoms with van der Waals surface area (Å²) in [5, 5.41) is 43.9. The van der Waals surface area contributed by atoms with Crippen molar-refractivity contribution in [1.29, 1.82) is 0 Å². The number of amides is 1. The summed E-state index contributed by atoms with van der Waals surface area (Å²) in [6.07, 6.45) is 57.1. The van der Waals surface area contributed by atoms with Crippen LogP contribution >= 0.6 is 0 Å². The summed E-state index contributed by atoms with van der Waals surface area (Å²) in [6.45, 7) is 4.08. The topological polar surface area (TPSA) is 110 Å². The fourth-order valence-corrected chi connectivity index (χ4v) is 8.70. The molecule has 0 radical (unpaired) electrons. The lowest BCUT2D eigenvalue weighted by Crippen LogP contribution is -2.53. The summed E-state index contributed by atoms with van der Waals surface area (Å²) in [7, 11) is 0. The van der Waals surface area contributed by atoms with Crippen LogP contribution in [-0.4, -0.2) is 57.3 Å². The van der Waals surface area contributed by atoms with Crippen LogP contribution in [0, 0.1) is 0 Å². The fraction of sp³-hybridized carbons (Fsp3) is 0.944. The summed E-state index contributed by atoms with van der Waals surface area (Å²) in [5.74, 6) is -0.588. The molecule has 358 valence electrons. The third-order valence-corrected chi connectivity index (χ3v) is 13.0. The van der Waals surface area contributed by atoms with Crippen molar-refractivity contribution in [1.82, 2.24) is 5.32 Å². The molecule has 0 aromatic carbocycles. The Morgan fingerprint density at radius 1 is 0.400 bits per heavy atom. The van der Waals surface area contributed by atoms with E-state index in [1.54, 1.807) is 0 Å². The Morgan fingerprint density at radius 2 is 0.683 bits per heavy atom. The van der Waals surface area contributed by atoms with E-state index in [2.05, 4.69) is 31.3 Å². The van der Waals surface area contributed by atoms with Crippen LogP contribution in [0.1, 0.15) is 296 Å². The van der Waals surface area contributed by atoms with Crippen molar-refractivity contribution in [3.63, 3.8) is 0 Å². The molecule has 6 heteroatoms. The smallest absolute Gasteiger partial charge is 0.249 e. The van der Waals surface area contributed by atoms with Gasteiger partial charge in [-0.15, -0.1) is 0 Å². The number of hydrogen-bond acceptors (Lipinski definition) is 5. The average Bonchev–Trinajstić information content (AvgIpc) is 3.25. The van der Waals surface area contributed by atoms with Crippen molar-refractivity contribution >= 4 is 5.91 Å². The maximum Gasteiger partial charge on any atom is 0.249 e. The van der Waals surface area contributed by atoms with Gasteiger partial charge in [-0.3, -0.25) is 4.79 Å². The van der Waals surface area contributed by atoms with Gasteiger partial charge in [0.2, 0.25) is 5.91 Å². The monoisotopic (exact) mass is 850 g/mol. The Hall–Kier alpha value is -0.950. The summed E-state index contributed by atoms with van der Waals surface area (Å²) in [5.41, 5.74) is 0. The van der Waals surface area contributed by atoms with E-state index in [1.807, 2.05) is 0 Å². The quantitative estimate of drug-likeness (QED) is 0.0309. The molecule has 0 fully saturated rings. The van der Waals surface area contributed by atoms with Gasteiger partial charge in [-0.05, 0) is 38.5 Å². The van der Waals surface area contributed by atoms with E-state index in [-0.39, 0.29) is 0 Å². The summed E-state index contributed by atoms with van der Waals surface area (Å²) in [6, 6.07) is -0.998. The minimum atomic E-state index is -1.28. The predicted molar refractivity (Wildman–Crippen MR) is 261 cm³/mol. The lowest BCUT2D eigenvalue weighted by atomic mass is 10.00. The number of carbonyl (C=O) groups excluding carboxylic acids is 1. The first-order valence-electron chi connectivity index (χ1n) is 27.1. The van der Waals surface area contributed by atoms with Gasteiger partial charge in [-0.2, -0.15) is 0 Å². The van der Waals surface area contributed by atoms with Gasteiger partial charge in [0.15, 0.2) is 0 Å². The van der Waals surface area contributed by atoms with Gasteiger partial charge in [0.25, 0.3) is 0 Å². The molecule has 0 spiro atoms. The van der Waals surface area contributed by atoms with E-state index in [0.717, 1.165) is 38.5 Å². The highest BCUT2D eigenvalue weighted by Gasteiger charge is 2.28. The molecule has 5 N–H and O–H groups in total.